The van der Waals surface area contributed by atoms with E-state index in [0.29, 0.717) is 57.7 Å². The van der Waals surface area contributed by atoms with E-state index >= 15 is 0 Å². The molecule has 0 bridgehead atoms. The number of hydrogen-bond donors (Lipinski definition) is 2. The van der Waals surface area contributed by atoms with Gasteiger partial charge in [-0.2, -0.15) is 0 Å². The van der Waals surface area contributed by atoms with E-state index in [1.54, 1.807) is 30.0 Å². The highest BCUT2D eigenvalue weighted by Crippen LogP contribution is 2.16. The number of nitrogens with one attached hydrogen (secondary N) is 2. The average Bonchev–Trinajstić information content (AvgIpc) is 2.66. The number of rotatable bonds is 7. The van der Waals surface area contributed by atoms with Crippen LogP contribution in [0, 0.1) is 5.82 Å². The number of ether oxygens (including phenoxy) is 1. The summed E-state index contributed by atoms with van der Waals surface area (Å²) in [4.78, 5) is 27.2. The lowest BCUT2D eigenvalue weighted by Gasteiger charge is -2.31. The Kier molecular flexibility index (Phi) is 8.16. The van der Waals surface area contributed by atoms with Crippen LogP contribution < -0.4 is 15.5 Å². The van der Waals surface area contributed by atoms with Crippen LogP contribution in [0.15, 0.2) is 24.3 Å². The lowest BCUT2D eigenvalue weighted by Crippen LogP contribution is -2.49. The Labute approximate surface area is 159 Å². The zero-order valence-electron chi connectivity index (χ0n) is 16.0. The molecule has 0 atom stereocenters. The molecule has 7 nitrogen and oxygen atoms in total. The molecule has 1 fully saturated rings. The molecule has 0 spiro atoms. The summed E-state index contributed by atoms with van der Waals surface area (Å²) in [6.45, 7) is 4.45. The predicted molar refractivity (Wildman–Crippen MR) is 102 cm³/mol. The summed E-state index contributed by atoms with van der Waals surface area (Å²) < 4.78 is 18.7. The van der Waals surface area contributed by atoms with E-state index in [9.17, 15) is 14.0 Å². The molecule has 3 amide bonds. The van der Waals surface area contributed by atoms with Crippen molar-refractivity contribution in [1.29, 1.82) is 0 Å². The van der Waals surface area contributed by atoms with Crippen LogP contribution in [-0.2, 0) is 4.74 Å². The molecule has 0 radical (unpaired) electrons. The largest absolute Gasteiger partial charge is 0.450 e. The maximum Gasteiger partial charge on any atom is 0.409 e. The Morgan fingerprint density at radius 2 is 2.00 bits per heavy atom. The Bertz CT molecular complexity index is 621. The molecule has 1 saturated heterocycles. The Hall–Kier alpha value is -2.51. The fourth-order valence-electron chi connectivity index (χ4n) is 3.06. The second kappa shape index (κ2) is 10.6. The van der Waals surface area contributed by atoms with E-state index in [4.69, 9.17) is 4.74 Å². The van der Waals surface area contributed by atoms with Crippen LogP contribution in [0.25, 0.3) is 0 Å². The van der Waals surface area contributed by atoms with E-state index in [1.165, 1.54) is 6.07 Å². The summed E-state index contributed by atoms with van der Waals surface area (Å²) in [5, 5.41) is 5.77. The van der Waals surface area contributed by atoms with Gasteiger partial charge in [0.15, 0.2) is 0 Å². The number of amides is 3. The van der Waals surface area contributed by atoms with Crippen molar-refractivity contribution in [3.05, 3.63) is 30.1 Å². The third-order valence-corrected chi connectivity index (χ3v) is 4.58. The van der Waals surface area contributed by atoms with Crippen LogP contribution in [0.5, 0.6) is 0 Å². The van der Waals surface area contributed by atoms with Gasteiger partial charge >= 0.3 is 12.1 Å². The summed E-state index contributed by atoms with van der Waals surface area (Å²) >= 11 is 0. The van der Waals surface area contributed by atoms with E-state index < -0.39 is 0 Å². The molecule has 0 aromatic heterocycles. The van der Waals surface area contributed by atoms with Gasteiger partial charge < -0.3 is 25.2 Å². The highest BCUT2D eigenvalue weighted by atomic mass is 19.1. The van der Waals surface area contributed by atoms with Crippen LogP contribution in [0.1, 0.15) is 26.2 Å². The molecule has 27 heavy (non-hydrogen) atoms. The van der Waals surface area contributed by atoms with E-state index in [0.717, 1.165) is 0 Å². The van der Waals surface area contributed by atoms with E-state index in [2.05, 4.69) is 10.6 Å². The Morgan fingerprint density at radius 1 is 1.30 bits per heavy atom. The van der Waals surface area contributed by atoms with Gasteiger partial charge in [0, 0.05) is 39.3 Å². The van der Waals surface area contributed by atoms with Crippen molar-refractivity contribution in [2.75, 3.05) is 44.7 Å². The van der Waals surface area contributed by atoms with E-state index in [-0.39, 0.29) is 24.0 Å². The highest BCUT2D eigenvalue weighted by molar-refractivity contribution is 5.74. The minimum absolute atomic E-state index is 0.0526. The van der Waals surface area contributed by atoms with Gasteiger partial charge in [0.1, 0.15) is 5.82 Å². The molecule has 1 aliphatic heterocycles. The van der Waals surface area contributed by atoms with Gasteiger partial charge in [-0.05, 0) is 38.3 Å². The molecule has 1 aromatic rings. The first kappa shape index (κ1) is 20.8. The molecule has 1 aromatic carbocycles. The van der Waals surface area contributed by atoms with Gasteiger partial charge in [0.05, 0.1) is 12.3 Å². The summed E-state index contributed by atoms with van der Waals surface area (Å²) in [5.74, 6) is -0.250. The number of hydrogen-bond acceptors (Lipinski definition) is 4. The highest BCUT2D eigenvalue weighted by Gasteiger charge is 2.24. The number of carbonyl (C=O) groups excluding carboxylic acids is 2. The van der Waals surface area contributed by atoms with Crippen molar-refractivity contribution in [2.24, 2.45) is 0 Å². The lowest BCUT2D eigenvalue weighted by molar-refractivity contribution is 0.0957. The molecular formula is C19H29FN4O3. The molecule has 0 unspecified atom stereocenters. The van der Waals surface area contributed by atoms with Crippen molar-refractivity contribution < 1.29 is 18.7 Å². The number of benzene rings is 1. The van der Waals surface area contributed by atoms with Crippen LogP contribution in [0.4, 0.5) is 19.7 Å². The molecule has 1 aliphatic rings. The standard InChI is InChI=1S/C19H29FN4O3/c1-3-27-19(26)24-13-9-15(10-14-24)22-18(25)21-11-6-12-23(2)17-8-5-4-7-16(17)20/h4-5,7-8,15H,3,6,9-14H2,1-2H3,(H2,21,22,25). The number of likely N-dealkylation sites (tertiary alicyclic amines) is 1. The minimum atomic E-state index is -0.292. The molecule has 2 rings (SSSR count). The smallest absolute Gasteiger partial charge is 0.409 e. The summed E-state index contributed by atoms with van der Waals surface area (Å²) in [6, 6.07) is 6.47. The SMILES string of the molecule is CCOC(=O)N1CCC(NC(=O)NCCCN(C)c2ccccc2F)CC1. The maximum atomic E-state index is 13.7. The van der Waals surface area contributed by atoms with Gasteiger partial charge in [-0.3, -0.25) is 0 Å². The molecular weight excluding hydrogens is 351 g/mol. The number of piperidine rings is 1. The fraction of sp³-hybridized carbons (Fsp3) is 0.579. The summed E-state index contributed by atoms with van der Waals surface area (Å²) in [7, 11) is 1.83. The molecule has 0 saturated carbocycles. The van der Waals surface area contributed by atoms with Gasteiger partial charge in [0.25, 0.3) is 0 Å². The maximum absolute atomic E-state index is 13.7. The zero-order valence-corrected chi connectivity index (χ0v) is 16.0. The Balaban J connectivity index is 1.60. The van der Waals surface area contributed by atoms with Crippen LogP contribution in [-0.4, -0.2) is 62.9 Å². The first-order chi connectivity index (χ1) is 13.0. The normalized spacial score (nSPS) is 14.6. The zero-order chi connectivity index (χ0) is 19.6. The molecule has 1 heterocycles. The lowest BCUT2D eigenvalue weighted by atomic mass is 10.1. The first-order valence-electron chi connectivity index (χ1n) is 9.43. The van der Waals surface area contributed by atoms with Crippen molar-refractivity contribution in [3.8, 4) is 0 Å². The molecule has 150 valence electrons. The van der Waals surface area contributed by atoms with Gasteiger partial charge in [-0.1, -0.05) is 12.1 Å². The van der Waals surface area contributed by atoms with Crippen molar-refractivity contribution >= 4 is 17.8 Å². The fourth-order valence-corrected chi connectivity index (χ4v) is 3.06. The first-order valence-corrected chi connectivity index (χ1v) is 9.43. The van der Waals surface area contributed by atoms with Crippen LogP contribution in [0.3, 0.4) is 0 Å². The second-order valence-corrected chi connectivity index (χ2v) is 6.59. The topological polar surface area (TPSA) is 73.9 Å². The Morgan fingerprint density at radius 3 is 2.67 bits per heavy atom. The third-order valence-electron chi connectivity index (χ3n) is 4.58. The van der Waals surface area contributed by atoms with Crippen LogP contribution >= 0.6 is 0 Å². The summed E-state index contributed by atoms with van der Waals surface area (Å²) in [5.41, 5.74) is 0.551. The van der Waals surface area contributed by atoms with Gasteiger partial charge in [-0.25, -0.2) is 14.0 Å². The average molecular weight is 380 g/mol. The monoisotopic (exact) mass is 380 g/mol. The molecule has 2 N–H and O–H groups in total. The number of para-hydroxylation sites is 1. The number of urea groups is 1. The second-order valence-electron chi connectivity index (χ2n) is 6.59. The van der Waals surface area contributed by atoms with Gasteiger partial charge in [0.2, 0.25) is 0 Å². The van der Waals surface area contributed by atoms with Crippen molar-refractivity contribution in [2.45, 2.75) is 32.2 Å². The number of nitrogens with zero attached hydrogens (tertiary/aromatic N) is 2. The third kappa shape index (κ3) is 6.62. The quantitative estimate of drug-likeness (QED) is 0.713. The number of carbonyl (C=O) groups is 2. The van der Waals surface area contributed by atoms with Crippen molar-refractivity contribution in [3.63, 3.8) is 0 Å². The molecule has 8 heteroatoms. The predicted octanol–water partition coefficient (Wildman–Crippen LogP) is 2.57. The molecule has 0 aliphatic carbocycles. The van der Waals surface area contributed by atoms with Gasteiger partial charge in [-0.15, -0.1) is 0 Å². The number of anilines is 1. The summed E-state index contributed by atoms with van der Waals surface area (Å²) in [6.07, 6.45) is 1.84. The van der Waals surface area contributed by atoms with Crippen LogP contribution in [0.2, 0.25) is 0 Å². The van der Waals surface area contributed by atoms with Crippen molar-refractivity contribution in [1.82, 2.24) is 15.5 Å². The number of halogens is 1. The minimum Gasteiger partial charge on any atom is -0.450 e. The van der Waals surface area contributed by atoms with E-state index in [1.807, 2.05) is 11.9 Å².